The summed E-state index contributed by atoms with van der Waals surface area (Å²) in [5.74, 6) is 1.55. The largest absolute Gasteiger partial charge is 0.496 e. The summed E-state index contributed by atoms with van der Waals surface area (Å²) in [5, 5.41) is 9.61. The predicted molar refractivity (Wildman–Crippen MR) is 75.4 cm³/mol. The maximum Gasteiger partial charge on any atom is 0.159 e. The third-order valence-electron chi connectivity index (χ3n) is 2.87. The minimum Gasteiger partial charge on any atom is -0.496 e. The number of thioether (sulfide) groups is 1. The molecule has 0 spiro atoms. The van der Waals surface area contributed by atoms with E-state index in [2.05, 4.69) is 0 Å². The van der Waals surface area contributed by atoms with Gasteiger partial charge in [-0.15, -0.1) is 0 Å². The maximum absolute atomic E-state index is 11.4. The monoisotopic (exact) mass is 268 g/mol. The van der Waals surface area contributed by atoms with Gasteiger partial charge in [-0.25, -0.2) is 0 Å². The van der Waals surface area contributed by atoms with Gasteiger partial charge in [0.2, 0.25) is 0 Å². The summed E-state index contributed by atoms with van der Waals surface area (Å²) in [4.78, 5) is 11.4. The molecule has 18 heavy (non-hydrogen) atoms. The van der Waals surface area contributed by atoms with Gasteiger partial charge in [-0.05, 0) is 32.0 Å². The zero-order valence-electron chi connectivity index (χ0n) is 11.3. The molecule has 4 heteroatoms. The highest BCUT2D eigenvalue weighted by atomic mass is 32.2. The second kappa shape index (κ2) is 6.81. The SMILES string of the molecule is COc1ccc(C(C)=O)cc1CSC(C)C(C)O. The van der Waals surface area contributed by atoms with Crippen LogP contribution in [-0.2, 0) is 5.75 Å². The van der Waals surface area contributed by atoms with Gasteiger partial charge in [0.1, 0.15) is 5.75 Å². The first kappa shape index (κ1) is 15.1. The van der Waals surface area contributed by atoms with Gasteiger partial charge in [0.15, 0.2) is 5.78 Å². The fourth-order valence-electron chi connectivity index (χ4n) is 1.47. The molecule has 1 rings (SSSR count). The van der Waals surface area contributed by atoms with E-state index in [9.17, 15) is 9.90 Å². The molecule has 0 heterocycles. The number of carbonyl (C=O) groups excluding carboxylic acids is 1. The Morgan fingerprint density at radius 2 is 2.11 bits per heavy atom. The second-order valence-corrected chi connectivity index (χ2v) is 5.71. The molecular weight excluding hydrogens is 248 g/mol. The molecule has 0 radical (unpaired) electrons. The summed E-state index contributed by atoms with van der Waals surface area (Å²) >= 11 is 1.65. The molecule has 1 aromatic carbocycles. The molecule has 1 aromatic rings. The van der Waals surface area contributed by atoms with Crippen molar-refractivity contribution in [2.45, 2.75) is 37.9 Å². The van der Waals surface area contributed by atoms with E-state index in [1.807, 2.05) is 19.1 Å². The van der Waals surface area contributed by atoms with E-state index in [0.717, 1.165) is 17.1 Å². The number of ether oxygens (including phenoxy) is 1. The summed E-state index contributed by atoms with van der Waals surface area (Å²) in [6, 6.07) is 5.45. The molecule has 2 unspecified atom stereocenters. The molecule has 0 saturated carbocycles. The van der Waals surface area contributed by atoms with E-state index >= 15 is 0 Å². The van der Waals surface area contributed by atoms with Gasteiger partial charge in [-0.3, -0.25) is 4.79 Å². The van der Waals surface area contributed by atoms with E-state index in [4.69, 9.17) is 4.74 Å². The van der Waals surface area contributed by atoms with Crippen molar-refractivity contribution < 1.29 is 14.6 Å². The van der Waals surface area contributed by atoms with Crippen molar-refractivity contribution >= 4 is 17.5 Å². The lowest BCUT2D eigenvalue weighted by atomic mass is 10.1. The van der Waals surface area contributed by atoms with Crippen molar-refractivity contribution in [1.82, 2.24) is 0 Å². The molecule has 0 aromatic heterocycles. The number of benzene rings is 1. The summed E-state index contributed by atoms with van der Waals surface area (Å²) in [5.41, 5.74) is 1.68. The van der Waals surface area contributed by atoms with Gasteiger partial charge in [0, 0.05) is 22.1 Å². The van der Waals surface area contributed by atoms with E-state index in [1.54, 1.807) is 38.8 Å². The third kappa shape index (κ3) is 4.03. The highest BCUT2D eigenvalue weighted by Gasteiger charge is 2.12. The van der Waals surface area contributed by atoms with Crippen LogP contribution in [-0.4, -0.2) is 29.4 Å². The van der Waals surface area contributed by atoms with E-state index in [1.165, 1.54) is 0 Å². The molecular formula is C14H20O3S. The Balaban J connectivity index is 2.84. The van der Waals surface area contributed by atoms with E-state index in [0.29, 0.717) is 5.56 Å². The Labute approximate surface area is 113 Å². The first-order valence-electron chi connectivity index (χ1n) is 5.93. The Kier molecular flexibility index (Phi) is 5.69. The van der Waals surface area contributed by atoms with E-state index in [-0.39, 0.29) is 17.1 Å². The van der Waals surface area contributed by atoms with Gasteiger partial charge < -0.3 is 9.84 Å². The zero-order valence-corrected chi connectivity index (χ0v) is 12.1. The summed E-state index contributed by atoms with van der Waals surface area (Å²) < 4.78 is 5.29. The summed E-state index contributed by atoms with van der Waals surface area (Å²) in [6.45, 7) is 5.31. The standard InChI is InChI=1S/C14H20O3S/c1-9(15)11(3)18-8-13-7-12(10(2)16)5-6-14(13)17-4/h5-7,9,11,15H,8H2,1-4H3. The van der Waals surface area contributed by atoms with Crippen molar-refractivity contribution in [1.29, 1.82) is 0 Å². The number of methoxy groups -OCH3 is 1. The lowest BCUT2D eigenvalue weighted by Crippen LogP contribution is -2.15. The van der Waals surface area contributed by atoms with Crippen LogP contribution in [0.3, 0.4) is 0 Å². The molecule has 0 amide bonds. The maximum atomic E-state index is 11.4. The van der Waals surface area contributed by atoms with Crippen molar-refractivity contribution in [2.24, 2.45) is 0 Å². The fraction of sp³-hybridized carbons (Fsp3) is 0.500. The number of aliphatic hydroxyl groups is 1. The van der Waals surface area contributed by atoms with Crippen molar-refractivity contribution in [3.8, 4) is 5.75 Å². The van der Waals surface area contributed by atoms with Crippen LogP contribution in [0, 0.1) is 0 Å². The molecule has 0 fully saturated rings. The topological polar surface area (TPSA) is 46.5 Å². The van der Waals surface area contributed by atoms with Crippen LogP contribution in [0.1, 0.15) is 36.7 Å². The number of hydrogen-bond donors (Lipinski definition) is 1. The van der Waals surface area contributed by atoms with E-state index < -0.39 is 0 Å². The van der Waals surface area contributed by atoms with Crippen LogP contribution in [0.4, 0.5) is 0 Å². The van der Waals surface area contributed by atoms with Crippen LogP contribution in [0.25, 0.3) is 0 Å². The van der Waals surface area contributed by atoms with Crippen molar-refractivity contribution in [2.75, 3.05) is 7.11 Å². The molecule has 0 saturated heterocycles. The van der Waals surface area contributed by atoms with Crippen molar-refractivity contribution in [3.63, 3.8) is 0 Å². The highest BCUT2D eigenvalue weighted by molar-refractivity contribution is 7.99. The highest BCUT2D eigenvalue weighted by Crippen LogP contribution is 2.27. The molecule has 0 aliphatic heterocycles. The molecule has 100 valence electrons. The lowest BCUT2D eigenvalue weighted by molar-refractivity contribution is 0.101. The number of aliphatic hydroxyl groups excluding tert-OH is 1. The Bertz CT molecular complexity index is 416. The van der Waals surface area contributed by atoms with Gasteiger partial charge in [0.05, 0.1) is 13.2 Å². The number of Topliss-reactive ketones (excluding diaryl/α,β-unsaturated/α-hetero) is 1. The third-order valence-corrected chi connectivity index (χ3v) is 4.27. The van der Waals surface area contributed by atoms with Crippen LogP contribution >= 0.6 is 11.8 Å². The molecule has 0 aliphatic carbocycles. The minimum absolute atomic E-state index is 0.0486. The second-order valence-electron chi connectivity index (χ2n) is 4.34. The van der Waals surface area contributed by atoms with Crippen LogP contribution in [0.15, 0.2) is 18.2 Å². The van der Waals surface area contributed by atoms with Gasteiger partial charge >= 0.3 is 0 Å². The first-order chi connectivity index (χ1) is 8.45. The van der Waals surface area contributed by atoms with Gasteiger partial charge in [-0.2, -0.15) is 11.8 Å². The van der Waals surface area contributed by atoms with Crippen LogP contribution in [0.2, 0.25) is 0 Å². The zero-order chi connectivity index (χ0) is 13.7. The van der Waals surface area contributed by atoms with Crippen LogP contribution < -0.4 is 4.74 Å². The number of hydrogen-bond acceptors (Lipinski definition) is 4. The Morgan fingerprint density at radius 1 is 1.44 bits per heavy atom. The smallest absolute Gasteiger partial charge is 0.159 e. The molecule has 3 nitrogen and oxygen atoms in total. The molecule has 0 bridgehead atoms. The number of rotatable bonds is 6. The number of carbonyl (C=O) groups is 1. The van der Waals surface area contributed by atoms with Gasteiger partial charge in [0.25, 0.3) is 0 Å². The summed E-state index contributed by atoms with van der Waals surface area (Å²) in [7, 11) is 1.62. The fourth-order valence-corrected chi connectivity index (χ4v) is 2.42. The predicted octanol–water partition coefficient (Wildman–Crippen LogP) is 2.90. The average Bonchev–Trinajstić information content (AvgIpc) is 2.35. The Morgan fingerprint density at radius 3 is 2.61 bits per heavy atom. The normalized spacial score (nSPS) is 14.1. The lowest BCUT2D eigenvalue weighted by Gasteiger charge is -2.15. The van der Waals surface area contributed by atoms with Crippen LogP contribution in [0.5, 0.6) is 5.75 Å². The average molecular weight is 268 g/mol. The molecule has 1 N–H and O–H groups in total. The molecule has 2 atom stereocenters. The molecule has 0 aliphatic rings. The minimum atomic E-state index is -0.350. The van der Waals surface area contributed by atoms with Gasteiger partial charge in [-0.1, -0.05) is 6.92 Å². The first-order valence-corrected chi connectivity index (χ1v) is 6.98. The number of ketones is 1. The van der Waals surface area contributed by atoms with Crippen molar-refractivity contribution in [3.05, 3.63) is 29.3 Å². The summed E-state index contributed by atoms with van der Waals surface area (Å²) in [6.07, 6.45) is -0.350. The quantitative estimate of drug-likeness (QED) is 0.806. The Hall–Kier alpha value is -1.00.